The Morgan fingerprint density at radius 1 is 1.09 bits per heavy atom. The van der Waals surface area contributed by atoms with Crippen molar-refractivity contribution in [1.29, 1.82) is 0 Å². The molecule has 3 aromatic rings. The topological polar surface area (TPSA) is 108 Å². The van der Waals surface area contributed by atoms with Crippen LogP contribution in [0.2, 0.25) is 0 Å². The Morgan fingerprint density at radius 2 is 1.82 bits per heavy atom. The van der Waals surface area contributed by atoms with Crippen molar-refractivity contribution in [3.8, 4) is 5.75 Å². The zero-order valence-electron chi connectivity index (χ0n) is 18.5. The monoisotopic (exact) mass is 462 g/mol. The fraction of sp³-hybridized carbons (Fsp3) is 0.200. The number of anilines is 1. The Labute approximate surface area is 194 Å². The zero-order valence-corrected chi connectivity index (χ0v) is 19.4. The summed E-state index contributed by atoms with van der Waals surface area (Å²) in [6.07, 6.45) is 0. The van der Waals surface area contributed by atoms with Crippen LogP contribution in [0, 0.1) is 20.8 Å². The third kappa shape index (κ3) is 3.82. The van der Waals surface area contributed by atoms with E-state index in [4.69, 9.17) is 0 Å². The second kappa shape index (κ2) is 8.29. The number of carbonyl (C=O) groups excluding carboxylic acids is 3. The lowest BCUT2D eigenvalue weighted by Gasteiger charge is -2.23. The summed E-state index contributed by atoms with van der Waals surface area (Å²) in [5.41, 5.74) is 2.84. The first-order chi connectivity index (χ1) is 15.6. The van der Waals surface area contributed by atoms with Gasteiger partial charge in [-0.3, -0.25) is 19.3 Å². The Hall–Kier alpha value is -3.78. The van der Waals surface area contributed by atoms with Crippen LogP contribution in [0.1, 0.15) is 50.6 Å². The third-order valence-electron chi connectivity index (χ3n) is 5.59. The molecule has 1 aromatic heterocycles. The number of Topliss-reactive ketones (excluding diaryl/α,β-unsaturated/α-hetero) is 2. The molecule has 8 heteroatoms. The van der Waals surface area contributed by atoms with Gasteiger partial charge in [0.1, 0.15) is 11.5 Å². The van der Waals surface area contributed by atoms with Gasteiger partial charge in [0.15, 0.2) is 10.9 Å². The summed E-state index contributed by atoms with van der Waals surface area (Å²) in [7, 11) is 0. The van der Waals surface area contributed by atoms with E-state index < -0.39 is 17.7 Å². The van der Waals surface area contributed by atoms with Gasteiger partial charge in [0.05, 0.1) is 22.2 Å². The van der Waals surface area contributed by atoms with Gasteiger partial charge in [0.2, 0.25) is 0 Å². The lowest BCUT2D eigenvalue weighted by Crippen LogP contribution is -2.29. The van der Waals surface area contributed by atoms with E-state index in [1.807, 2.05) is 19.1 Å². The number of aryl methyl sites for hydroxylation is 3. The van der Waals surface area contributed by atoms with E-state index in [0.29, 0.717) is 21.7 Å². The minimum atomic E-state index is -1.03. The summed E-state index contributed by atoms with van der Waals surface area (Å²) >= 11 is 1.01. The maximum absolute atomic E-state index is 13.2. The first-order valence-corrected chi connectivity index (χ1v) is 11.1. The van der Waals surface area contributed by atoms with Crippen molar-refractivity contribution in [3.63, 3.8) is 0 Å². The van der Waals surface area contributed by atoms with Crippen molar-refractivity contribution in [2.45, 2.75) is 33.7 Å². The van der Waals surface area contributed by atoms with Gasteiger partial charge < -0.3 is 10.2 Å². The van der Waals surface area contributed by atoms with Gasteiger partial charge >= 0.3 is 5.91 Å². The maximum atomic E-state index is 13.2. The molecule has 1 aliphatic rings. The molecule has 1 aliphatic heterocycles. The number of aliphatic hydroxyl groups is 1. The Kier molecular flexibility index (Phi) is 5.63. The van der Waals surface area contributed by atoms with Crippen molar-refractivity contribution in [2.75, 3.05) is 4.90 Å². The Balaban J connectivity index is 1.99. The second-order valence-electron chi connectivity index (χ2n) is 8.05. The number of carbonyl (C=O) groups is 3. The number of thiazole rings is 1. The number of nitrogens with zero attached hydrogens (tertiary/aromatic N) is 2. The van der Waals surface area contributed by atoms with Gasteiger partial charge in [-0.1, -0.05) is 41.2 Å². The van der Waals surface area contributed by atoms with E-state index in [0.717, 1.165) is 22.5 Å². The molecule has 1 amide bonds. The zero-order chi connectivity index (χ0) is 24.0. The highest BCUT2D eigenvalue weighted by Gasteiger charge is 2.48. The predicted octanol–water partition coefficient (Wildman–Crippen LogP) is 4.60. The molecule has 33 heavy (non-hydrogen) atoms. The van der Waals surface area contributed by atoms with Gasteiger partial charge in [0.25, 0.3) is 5.78 Å². The number of aromatic nitrogens is 1. The SMILES string of the molecule is CC(=O)c1sc(N2C(=O)C(=O)C(=C(O)c3cc(C)ccc3C)C2c2cccc(O)c2)nc1C. The molecule has 7 nitrogen and oxygen atoms in total. The van der Waals surface area contributed by atoms with Crippen molar-refractivity contribution in [1.82, 2.24) is 4.98 Å². The van der Waals surface area contributed by atoms with Gasteiger partial charge in [-0.25, -0.2) is 4.98 Å². The van der Waals surface area contributed by atoms with Crippen LogP contribution in [-0.4, -0.2) is 32.7 Å². The summed E-state index contributed by atoms with van der Waals surface area (Å²) in [4.78, 5) is 44.4. The van der Waals surface area contributed by atoms with E-state index in [1.54, 1.807) is 32.0 Å². The van der Waals surface area contributed by atoms with Crippen molar-refractivity contribution in [2.24, 2.45) is 0 Å². The molecule has 0 aliphatic carbocycles. The van der Waals surface area contributed by atoms with Crippen molar-refractivity contribution in [3.05, 3.63) is 80.9 Å². The Bertz CT molecular complexity index is 1350. The fourth-order valence-corrected chi connectivity index (χ4v) is 4.98. The smallest absolute Gasteiger partial charge is 0.301 e. The van der Waals surface area contributed by atoms with Gasteiger partial charge in [0, 0.05) is 12.5 Å². The highest BCUT2D eigenvalue weighted by Crippen LogP contribution is 2.44. The number of amides is 1. The predicted molar refractivity (Wildman–Crippen MR) is 126 cm³/mol. The van der Waals surface area contributed by atoms with Crippen LogP contribution >= 0.6 is 11.3 Å². The number of hydrogen-bond donors (Lipinski definition) is 2. The van der Waals surface area contributed by atoms with Crippen LogP contribution in [0.25, 0.3) is 5.76 Å². The minimum Gasteiger partial charge on any atom is -0.508 e. The molecule has 2 heterocycles. The highest BCUT2D eigenvalue weighted by molar-refractivity contribution is 7.18. The highest BCUT2D eigenvalue weighted by atomic mass is 32.1. The van der Waals surface area contributed by atoms with Crippen LogP contribution in [0.15, 0.2) is 48.0 Å². The maximum Gasteiger partial charge on any atom is 0.301 e. The third-order valence-corrected chi connectivity index (χ3v) is 6.85. The number of ketones is 2. The summed E-state index contributed by atoms with van der Waals surface area (Å²) in [5, 5.41) is 21.5. The molecule has 1 atom stereocenters. The molecule has 2 N–H and O–H groups in total. The molecule has 0 spiro atoms. The average molecular weight is 463 g/mol. The minimum absolute atomic E-state index is 0.0513. The second-order valence-corrected chi connectivity index (χ2v) is 9.03. The Morgan fingerprint density at radius 3 is 2.45 bits per heavy atom. The van der Waals surface area contributed by atoms with Crippen LogP contribution in [0.3, 0.4) is 0 Å². The molecular formula is C25H22N2O5S. The largest absolute Gasteiger partial charge is 0.508 e. The van der Waals surface area contributed by atoms with Gasteiger partial charge in [-0.2, -0.15) is 0 Å². The number of rotatable bonds is 4. The van der Waals surface area contributed by atoms with E-state index in [1.165, 1.54) is 24.0 Å². The average Bonchev–Trinajstić information content (AvgIpc) is 3.27. The number of benzene rings is 2. The van der Waals surface area contributed by atoms with E-state index in [-0.39, 0.29) is 28.0 Å². The molecule has 1 saturated heterocycles. The normalized spacial score (nSPS) is 17.6. The van der Waals surface area contributed by atoms with Gasteiger partial charge in [-0.15, -0.1) is 0 Å². The lowest BCUT2D eigenvalue weighted by atomic mass is 9.93. The standard InChI is InChI=1S/C25H22N2O5S/c1-12-8-9-13(2)18(10-12)21(30)19-20(16-6-5-7-17(29)11-16)27(24(32)22(19)31)25-26-14(3)23(33-25)15(4)28/h5-11,20,29-30H,1-4H3. The summed E-state index contributed by atoms with van der Waals surface area (Å²) in [6, 6.07) is 10.6. The molecule has 4 rings (SSSR count). The van der Waals surface area contributed by atoms with Crippen LogP contribution in [0.4, 0.5) is 5.13 Å². The van der Waals surface area contributed by atoms with Crippen LogP contribution in [-0.2, 0) is 9.59 Å². The number of phenolic OH excluding ortho intramolecular Hbond substituents is 1. The van der Waals surface area contributed by atoms with E-state index in [2.05, 4.69) is 4.98 Å². The number of aromatic hydroxyl groups is 1. The first kappa shape index (κ1) is 22.4. The first-order valence-electron chi connectivity index (χ1n) is 10.3. The summed E-state index contributed by atoms with van der Waals surface area (Å²) in [5.74, 6) is -2.27. The lowest BCUT2D eigenvalue weighted by molar-refractivity contribution is -0.132. The van der Waals surface area contributed by atoms with Gasteiger partial charge in [-0.05, 0) is 50.1 Å². The summed E-state index contributed by atoms with van der Waals surface area (Å²) in [6.45, 7) is 6.73. The number of aliphatic hydroxyl groups excluding tert-OH is 1. The van der Waals surface area contributed by atoms with Crippen LogP contribution in [0.5, 0.6) is 5.75 Å². The van der Waals surface area contributed by atoms with Crippen LogP contribution < -0.4 is 4.90 Å². The van der Waals surface area contributed by atoms with E-state index in [9.17, 15) is 24.6 Å². The van der Waals surface area contributed by atoms with Crippen molar-refractivity contribution >= 4 is 39.7 Å². The quantitative estimate of drug-likeness (QED) is 0.254. The molecule has 168 valence electrons. The number of phenols is 1. The molecule has 0 radical (unpaired) electrons. The van der Waals surface area contributed by atoms with E-state index >= 15 is 0 Å². The molecule has 1 fully saturated rings. The molecule has 0 bridgehead atoms. The summed E-state index contributed by atoms with van der Waals surface area (Å²) < 4.78 is 0. The van der Waals surface area contributed by atoms with Crippen molar-refractivity contribution < 1.29 is 24.6 Å². The molecule has 0 saturated carbocycles. The molecule has 1 unspecified atom stereocenters. The molecule has 2 aromatic carbocycles. The molecular weight excluding hydrogens is 440 g/mol. The fourth-order valence-electron chi connectivity index (χ4n) is 3.99. The number of hydrogen-bond acceptors (Lipinski definition) is 7.